The van der Waals surface area contributed by atoms with E-state index in [0.717, 1.165) is 23.2 Å². The smallest absolute Gasteiger partial charge is 0.405 e. The molecule has 0 aliphatic rings. The van der Waals surface area contributed by atoms with Crippen LogP contribution in [-0.4, -0.2) is 33.1 Å². The maximum atomic E-state index is 13.8. The number of thiazole rings is 1. The van der Waals surface area contributed by atoms with Crippen molar-refractivity contribution in [1.29, 1.82) is 0 Å². The Morgan fingerprint density at radius 1 is 1.08 bits per heavy atom. The molecule has 1 heterocycles. The number of aromatic nitrogens is 1. The van der Waals surface area contributed by atoms with Crippen LogP contribution in [0.3, 0.4) is 0 Å². The van der Waals surface area contributed by atoms with Crippen LogP contribution in [0.2, 0.25) is 0 Å². The number of hydrogen-bond donors (Lipinski definition) is 3. The molecule has 2 aromatic carbocycles. The van der Waals surface area contributed by atoms with Crippen LogP contribution in [0.25, 0.3) is 0 Å². The highest BCUT2D eigenvalue weighted by atomic mass is 32.1. The molecule has 0 fully saturated rings. The van der Waals surface area contributed by atoms with E-state index in [0.29, 0.717) is 11.4 Å². The van der Waals surface area contributed by atoms with Gasteiger partial charge < -0.3 is 15.7 Å². The molecule has 37 heavy (non-hydrogen) atoms. The molecule has 0 saturated heterocycles. The highest BCUT2D eigenvalue weighted by Gasteiger charge is 2.39. The Morgan fingerprint density at radius 2 is 1.73 bits per heavy atom. The Labute approximate surface area is 220 Å². The molecule has 0 radical (unpaired) electrons. The topological polar surface area (TPSA) is 134 Å². The van der Waals surface area contributed by atoms with E-state index in [1.807, 2.05) is 63.4 Å². The summed E-state index contributed by atoms with van der Waals surface area (Å²) >= 11 is 1.42. The molecular formula is C27H32N4O5S. The number of benzene rings is 2. The van der Waals surface area contributed by atoms with Crippen molar-refractivity contribution in [2.75, 3.05) is 0 Å². The normalized spacial score (nSPS) is 13.8. The van der Waals surface area contributed by atoms with Gasteiger partial charge in [0, 0.05) is 23.4 Å². The fraction of sp³-hybridized carbons (Fsp3) is 0.370. The van der Waals surface area contributed by atoms with E-state index < -0.39 is 40.3 Å². The number of nitro groups is 1. The van der Waals surface area contributed by atoms with Gasteiger partial charge in [-0.05, 0) is 29.4 Å². The fourth-order valence-corrected chi connectivity index (χ4v) is 5.33. The number of rotatable bonds is 10. The molecule has 0 spiro atoms. The summed E-state index contributed by atoms with van der Waals surface area (Å²) in [6.45, 7) is 7.90. The van der Waals surface area contributed by atoms with Gasteiger partial charge in [0.05, 0.1) is 16.7 Å². The van der Waals surface area contributed by atoms with Crippen LogP contribution in [0, 0.1) is 15.5 Å². The first-order chi connectivity index (χ1) is 17.5. The molecule has 0 saturated carbocycles. The van der Waals surface area contributed by atoms with Gasteiger partial charge in [-0.1, -0.05) is 70.2 Å². The number of aryl methyl sites for hydroxylation is 1. The lowest BCUT2D eigenvalue weighted by Crippen LogP contribution is -2.53. The van der Waals surface area contributed by atoms with Gasteiger partial charge in [0.2, 0.25) is 5.91 Å². The highest BCUT2D eigenvalue weighted by molar-refractivity contribution is 7.09. The second-order valence-corrected chi connectivity index (χ2v) is 10.8. The molecule has 196 valence electrons. The van der Waals surface area contributed by atoms with Crippen LogP contribution >= 0.6 is 11.3 Å². The number of non-ortho nitro benzene ring substituents is 1. The molecule has 3 atom stereocenters. The summed E-state index contributed by atoms with van der Waals surface area (Å²) in [6, 6.07) is 13.9. The zero-order valence-corrected chi connectivity index (χ0v) is 22.1. The number of carbonyl (C=O) groups is 2. The van der Waals surface area contributed by atoms with Crippen molar-refractivity contribution in [3.8, 4) is 0 Å². The summed E-state index contributed by atoms with van der Waals surface area (Å²) in [4.78, 5) is 40.8. The molecule has 1 aromatic heterocycles. The number of carbonyl (C=O) groups excluding carboxylic acids is 1. The van der Waals surface area contributed by atoms with Gasteiger partial charge in [-0.2, -0.15) is 0 Å². The average Bonchev–Trinajstić information content (AvgIpc) is 3.32. The third-order valence-corrected chi connectivity index (χ3v) is 7.13. The zero-order valence-electron chi connectivity index (χ0n) is 21.3. The largest absolute Gasteiger partial charge is 0.465 e. The molecule has 3 N–H and O–H groups in total. The fourth-order valence-electron chi connectivity index (χ4n) is 4.38. The minimum absolute atomic E-state index is 0.0199. The van der Waals surface area contributed by atoms with Crippen molar-refractivity contribution >= 4 is 29.0 Å². The van der Waals surface area contributed by atoms with Gasteiger partial charge in [-0.3, -0.25) is 14.9 Å². The van der Waals surface area contributed by atoms with E-state index >= 15 is 0 Å². The van der Waals surface area contributed by atoms with Gasteiger partial charge >= 0.3 is 6.09 Å². The molecule has 0 aliphatic carbocycles. The molecule has 10 heteroatoms. The number of nitro benzene ring substituents is 1. The Kier molecular flexibility index (Phi) is 8.99. The first kappa shape index (κ1) is 27.8. The maximum absolute atomic E-state index is 13.8. The van der Waals surface area contributed by atoms with Crippen LogP contribution in [-0.2, 0) is 17.6 Å². The van der Waals surface area contributed by atoms with Gasteiger partial charge in [0.1, 0.15) is 11.0 Å². The van der Waals surface area contributed by atoms with E-state index in [1.54, 1.807) is 12.1 Å². The molecule has 0 bridgehead atoms. The van der Waals surface area contributed by atoms with Gasteiger partial charge in [0.25, 0.3) is 5.69 Å². The Bertz CT molecular complexity index is 1220. The van der Waals surface area contributed by atoms with Crippen molar-refractivity contribution in [1.82, 2.24) is 15.6 Å². The predicted molar refractivity (Wildman–Crippen MR) is 143 cm³/mol. The van der Waals surface area contributed by atoms with Crippen molar-refractivity contribution in [3.63, 3.8) is 0 Å². The SMILES string of the molecule is CCc1csc(C(Cc2ccc([N+](=O)[O-])cc2)NC(=O)C(NC(=O)O)C(c2ccccc2)C(C)(C)C)n1. The standard InChI is InChI=1S/C27H32N4O5S/c1-5-19-16-37-25(28-19)21(15-17-11-13-20(14-12-17)31(35)36)29-24(32)23(30-26(33)34)22(27(2,3)4)18-9-7-6-8-10-18/h6-14,16,21-23,30H,5,15H2,1-4H3,(H,29,32)(H,33,34). The van der Waals surface area contributed by atoms with E-state index in [2.05, 4.69) is 15.6 Å². The molecule has 9 nitrogen and oxygen atoms in total. The molecule has 3 aromatic rings. The molecule has 0 aliphatic heterocycles. The molecule has 3 unspecified atom stereocenters. The predicted octanol–water partition coefficient (Wildman–Crippen LogP) is 5.48. The lowest BCUT2D eigenvalue weighted by Gasteiger charge is -2.37. The van der Waals surface area contributed by atoms with Crippen LogP contribution in [0.1, 0.15) is 61.5 Å². The van der Waals surface area contributed by atoms with Crippen molar-refractivity contribution in [3.05, 3.63) is 91.9 Å². The quantitative estimate of drug-likeness (QED) is 0.237. The number of nitrogens with zero attached hydrogens (tertiary/aromatic N) is 2. The number of nitrogens with one attached hydrogen (secondary N) is 2. The van der Waals surface area contributed by atoms with Gasteiger partial charge in [-0.15, -0.1) is 11.3 Å². The first-order valence-corrected chi connectivity index (χ1v) is 12.9. The van der Waals surface area contributed by atoms with Crippen molar-refractivity contribution in [2.24, 2.45) is 5.41 Å². The molecular weight excluding hydrogens is 492 g/mol. The summed E-state index contributed by atoms with van der Waals surface area (Å²) in [7, 11) is 0. The van der Waals surface area contributed by atoms with E-state index in [-0.39, 0.29) is 5.69 Å². The monoisotopic (exact) mass is 524 g/mol. The first-order valence-electron chi connectivity index (χ1n) is 12.0. The Balaban J connectivity index is 1.97. The van der Waals surface area contributed by atoms with Gasteiger partial charge in [0.15, 0.2) is 0 Å². The Hall–Kier alpha value is -3.79. The number of hydrogen-bond acceptors (Lipinski definition) is 6. The summed E-state index contributed by atoms with van der Waals surface area (Å²) < 4.78 is 0. The van der Waals surface area contributed by atoms with Crippen LogP contribution < -0.4 is 10.6 Å². The second-order valence-electron chi connectivity index (χ2n) is 9.90. The van der Waals surface area contributed by atoms with Crippen molar-refractivity contribution in [2.45, 2.75) is 58.5 Å². The third-order valence-electron chi connectivity index (χ3n) is 6.12. The van der Waals surface area contributed by atoms with Gasteiger partial charge in [-0.25, -0.2) is 9.78 Å². The molecule has 2 amide bonds. The molecule has 3 rings (SSSR count). The van der Waals surface area contributed by atoms with E-state index in [4.69, 9.17) is 0 Å². The van der Waals surface area contributed by atoms with Crippen LogP contribution in [0.4, 0.5) is 10.5 Å². The van der Waals surface area contributed by atoms with Crippen LogP contribution in [0.5, 0.6) is 0 Å². The Morgan fingerprint density at radius 3 is 2.24 bits per heavy atom. The lowest BCUT2D eigenvalue weighted by atomic mass is 9.72. The third kappa shape index (κ3) is 7.36. The van der Waals surface area contributed by atoms with E-state index in [1.165, 1.54) is 23.5 Å². The second kappa shape index (κ2) is 12.0. The number of amides is 2. The zero-order chi connectivity index (χ0) is 27.2. The van der Waals surface area contributed by atoms with E-state index in [9.17, 15) is 24.8 Å². The summed E-state index contributed by atoms with van der Waals surface area (Å²) in [5.41, 5.74) is 2.05. The minimum atomic E-state index is -1.29. The average molecular weight is 525 g/mol. The summed E-state index contributed by atoms with van der Waals surface area (Å²) in [5.74, 6) is -0.918. The minimum Gasteiger partial charge on any atom is -0.465 e. The lowest BCUT2D eigenvalue weighted by molar-refractivity contribution is -0.384. The van der Waals surface area contributed by atoms with Crippen LogP contribution in [0.15, 0.2) is 60.0 Å². The van der Waals surface area contributed by atoms with Crippen molar-refractivity contribution < 1.29 is 19.6 Å². The maximum Gasteiger partial charge on any atom is 0.405 e. The highest BCUT2D eigenvalue weighted by Crippen LogP contribution is 2.38. The summed E-state index contributed by atoms with van der Waals surface area (Å²) in [5, 5.41) is 28.8. The summed E-state index contributed by atoms with van der Waals surface area (Å²) in [6.07, 6.45) is -0.219. The number of carboxylic acid groups (broad SMARTS) is 1.